The Labute approximate surface area is 116 Å². The highest BCUT2D eigenvalue weighted by Gasteiger charge is 2.26. The summed E-state index contributed by atoms with van der Waals surface area (Å²) in [6.07, 6.45) is 3.27. The first-order valence-corrected chi connectivity index (χ1v) is 6.70. The highest BCUT2D eigenvalue weighted by atomic mass is 16.4. The number of anilines is 1. The molecular weight excluding hydrogens is 256 g/mol. The molecule has 0 saturated carbocycles. The first kappa shape index (κ1) is 12.7. The molecule has 5 heteroatoms. The van der Waals surface area contributed by atoms with E-state index in [0.717, 1.165) is 29.6 Å². The van der Waals surface area contributed by atoms with Crippen molar-refractivity contribution in [2.24, 2.45) is 5.92 Å². The number of phenols is 1. The third-order valence-electron chi connectivity index (χ3n) is 3.80. The van der Waals surface area contributed by atoms with Crippen molar-refractivity contribution in [1.82, 2.24) is 4.98 Å². The van der Waals surface area contributed by atoms with Gasteiger partial charge < -0.3 is 15.1 Å². The number of nitrogens with zero attached hydrogens (tertiary/aromatic N) is 2. The highest BCUT2D eigenvalue weighted by molar-refractivity contribution is 5.93. The number of benzene rings is 1. The lowest BCUT2D eigenvalue weighted by Gasteiger charge is -2.32. The van der Waals surface area contributed by atoms with Gasteiger partial charge in [-0.3, -0.25) is 4.79 Å². The van der Waals surface area contributed by atoms with Crippen molar-refractivity contribution in [3.63, 3.8) is 0 Å². The summed E-state index contributed by atoms with van der Waals surface area (Å²) in [5.41, 5.74) is 0. The van der Waals surface area contributed by atoms with Gasteiger partial charge in [0, 0.05) is 24.7 Å². The van der Waals surface area contributed by atoms with Crippen LogP contribution >= 0.6 is 0 Å². The minimum absolute atomic E-state index is 0.193. The van der Waals surface area contributed by atoms with Crippen molar-refractivity contribution in [3.8, 4) is 5.75 Å². The molecule has 3 rings (SSSR count). The number of phenolic OH excluding ortho intramolecular Hbond substituents is 1. The Morgan fingerprint density at radius 1 is 1.35 bits per heavy atom. The van der Waals surface area contributed by atoms with Crippen LogP contribution in [-0.4, -0.2) is 34.3 Å². The molecule has 1 unspecified atom stereocenters. The lowest BCUT2D eigenvalue weighted by molar-refractivity contribution is -0.141. The van der Waals surface area contributed by atoms with Gasteiger partial charge in [0.25, 0.3) is 0 Å². The summed E-state index contributed by atoms with van der Waals surface area (Å²) < 4.78 is 0. The second-order valence-electron chi connectivity index (χ2n) is 5.16. The summed E-state index contributed by atoms with van der Waals surface area (Å²) in [6, 6.07) is 7.05. The zero-order valence-corrected chi connectivity index (χ0v) is 11.0. The van der Waals surface area contributed by atoms with Gasteiger partial charge in [-0.2, -0.15) is 0 Å². The topological polar surface area (TPSA) is 73.7 Å². The van der Waals surface area contributed by atoms with Gasteiger partial charge in [0.2, 0.25) is 0 Å². The maximum atomic E-state index is 11.2. The Morgan fingerprint density at radius 2 is 2.20 bits per heavy atom. The van der Waals surface area contributed by atoms with E-state index in [1.54, 1.807) is 18.3 Å². The molecule has 2 aromatic rings. The number of aliphatic carboxylic acids is 1. The van der Waals surface area contributed by atoms with E-state index in [0.29, 0.717) is 13.0 Å². The molecule has 20 heavy (non-hydrogen) atoms. The lowest BCUT2D eigenvalue weighted by Crippen LogP contribution is -2.39. The predicted octanol–water partition coefficient (Wildman–Crippen LogP) is 2.24. The van der Waals surface area contributed by atoms with Gasteiger partial charge in [-0.25, -0.2) is 4.98 Å². The van der Waals surface area contributed by atoms with Crippen molar-refractivity contribution in [2.75, 3.05) is 18.0 Å². The summed E-state index contributed by atoms with van der Waals surface area (Å²) in [6.45, 7) is 1.27. The summed E-state index contributed by atoms with van der Waals surface area (Å²) in [5, 5.41) is 20.7. The number of hydrogen-bond donors (Lipinski definition) is 2. The number of carbonyl (C=O) groups is 1. The fourth-order valence-corrected chi connectivity index (χ4v) is 2.76. The van der Waals surface area contributed by atoms with Crippen LogP contribution in [0.5, 0.6) is 5.75 Å². The molecule has 1 aliphatic heterocycles. The van der Waals surface area contributed by atoms with E-state index in [-0.39, 0.29) is 11.7 Å². The largest absolute Gasteiger partial charge is 0.508 e. The maximum Gasteiger partial charge on any atom is 0.308 e. The zero-order chi connectivity index (χ0) is 14.1. The summed E-state index contributed by atoms with van der Waals surface area (Å²) >= 11 is 0. The van der Waals surface area contributed by atoms with Crippen LogP contribution in [0.4, 0.5) is 5.82 Å². The number of carboxylic acids is 1. The van der Waals surface area contributed by atoms with E-state index in [4.69, 9.17) is 0 Å². The maximum absolute atomic E-state index is 11.2. The van der Waals surface area contributed by atoms with Gasteiger partial charge >= 0.3 is 5.97 Å². The Kier molecular flexibility index (Phi) is 3.18. The number of rotatable bonds is 2. The van der Waals surface area contributed by atoms with E-state index in [2.05, 4.69) is 4.98 Å². The predicted molar refractivity (Wildman–Crippen MR) is 76.0 cm³/mol. The number of aromatic hydroxyl groups is 1. The summed E-state index contributed by atoms with van der Waals surface area (Å²) in [7, 11) is 0. The van der Waals surface area contributed by atoms with Crippen LogP contribution in [0.25, 0.3) is 10.8 Å². The SMILES string of the molecule is O=C(O)C1CCCN(c2nccc3ccc(O)cc23)C1. The summed E-state index contributed by atoms with van der Waals surface area (Å²) in [4.78, 5) is 17.6. The van der Waals surface area contributed by atoms with Crippen LogP contribution in [0.1, 0.15) is 12.8 Å². The van der Waals surface area contributed by atoms with Crippen molar-refractivity contribution < 1.29 is 15.0 Å². The van der Waals surface area contributed by atoms with Crippen LogP contribution in [-0.2, 0) is 4.79 Å². The molecule has 1 saturated heterocycles. The Hall–Kier alpha value is -2.30. The zero-order valence-electron chi connectivity index (χ0n) is 11.0. The molecule has 0 spiro atoms. The van der Waals surface area contributed by atoms with Gasteiger partial charge in [0.05, 0.1) is 5.92 Å². The summed E-state index contributed by atoms with van der Waals surface area (Å²) in [5.74, 6) is -0.154. The molecule has 2 heterocycles. The van der Waals surface area contributed by atoms with E-state index < -0.39 is 5.97 Å². The van der Waals surface area contributed by atoms with E-state index in [1.165, 1.54) is 0 Å². The number of piperidine rings is 1. The monoisotopic (exact) mass is 272 g/mol. The molecule has 0 radical (unpaired) electrons. The Bertz CT molecular complexity index is 657. The molecule has 0 aliphatic carbocycles. The first-order chi connectivity index (χ1) is 9.65. The number of carboxylic acid groups (broad SMARTS) is 1. The van der Waals surface area contributed by atoms with Gasteiger partial charge in [-0.05, 0) is 36.4 Å². The molecule has 104 valence electrons. The lowest BCUT2D eigenvalue weighted by atomic mass is 9.98. The molecule has 1 aromatic carbocycles. The van der Waals surface area contributed by atoms with E-state index in [9.17, 15) is 15.0 Å². The first-order valence-electron chi connectivity index (χ1n) is 6.70. The van der Waals surface area contributed by atoms with Gasteiger partial charge in [0.1, 0.15) is 11.6 Å². The minimum atomic E-state index is -0.752. The Balaban J connectivity index is 2.01. The molecule has 1 atom stereocenters. The highest BCUT2D eigenvalue weighted by Crippen LogP contribution is 2.30. The molecule has 5 nitrogen and oxygen atoms in total. The number of fused-ring (bicyclic) bond motifs is 1. The quantitative estimate of drug-likeness (QED) is 0.877. The van der Waals surface area contributed by atoms with Crippen molar-refractivity contribution >= 4 is 22.6 Å². The standard InChI is InChI=1S/C15H16N2O3/c18-12-4-3-10-5-6-16-14(13(10)8-12)17-7-1-2-11(9-17)15(19)20/h3-6,8,11,18H,1-2,7,9H2,(H,19,20). The molecule has 0 amide bonds. The van der Waals surface area contributed by atoms with E-state index >= 15 is 0 Å². The smallest absolute Gasteiger partial charge is 0.308 e. The third kappa shape index (κ3) is 2.27. The molecule has 1 aromatic heterocycles. The fourth-order valence-electron chi connectivity index (χ4n) is 2.76. The number of pyridine rings is 1. The second-order valence-corrected chi connectivity index (χ2v) is 5.16. The van der Waals surface area contributed by atoms with Crippen LogP contribution in [0.2, 0.25) is 0 Å². The van der Waals surface area contributed by atoms with E-state index in [1.807, 2.05) is 17.0 Å². The van der Waals surface area contributed by atoms with Crippen molar-refractivity contribution in [1.29, 1.82) is 0 Å². The van der Waals surface area contributed by atoms with Crippen LogP contribution in [0.3, 0.4) is 0 Å². The normalized spacial score (nSPS) is 19.2. The van der Waals surface area contributed by atoms with Crippen LogP contribution < -0.4 is 4.90 Å². The molecule has 1 aliphatic rings. The van der Waals surface area contributed by atoms with Gasteiger partial charge in [-0.1, -0.05) is 6.07 Å². The van der Waals surface area contributed by atoms with Gasteiger partial charge in [-0.15, -0.1) is 0 Å². The molecule has 1 fully saturated rings. The number of aromatic nitrogens is 1. The second kappa shape index (κ2) is 5.00. The minimum Gasteiger partial charge on any atom is -0.508 e. The third-order valence-corrected chi connectivity index (χ3v) is 3.80. The molecular formula is C15H16N2O3. The van der Waals surface area contributed by atoms with Crippen LogP contribution in [0, 0.1) is 5.92 Å². The Morgan fingerprint density at radius 3 is 3.00 bits per heavy atom. The molecule has 2 N–H and O–H groups in total. The van der Waals surface area contributed by atoms with Crippen molar-refractivity contribution in [3.05, 3.63) is 30.5 Å². The van der Waals surface area contributed by atoms with Crippen LogP contribution in [0.15, 0.2) is 30.5 Å². The average molecular weight is 272 g/mol. The fraction of sp³-hybridized carbons (Fsp3) is 0.333. The number of hydrogen-bond acceptors (Lipinski definition) is 4. The molecule has 0 bridgehead atoms. The van der Waals surface area contributed by atoms with Crippen molar-refractivity contribution in [2.45, 2.75) is 12.8 Å². The van der Waals surface area contributed by atoms with Gasteiger partial charge in [0.15, 0.2) is 0 Å². The average Bonchev–Trinajstić information content (AvgIpc) is 2.46.